The van der Waals surface area contributed by atoms with Crippen LogP contribution in [-0.4, -0.2) is 22.4 Å². The van der Waals surface area contributed by atoms with Gasteiger partial charge in [0, 0.05) is 6.61 Å². The molecule has 76 valence electrons. The summed E-state index contributed by atoms with van der Waals surface area (Å²) in [4.78, 5) is 0. The fraction of sp³-hybridized carbons (Fsp3) is 1.00. The zero-order valence-electron chi connectivity index (χ0n) is 8.93. The van der Waals surface area contributed by atoms with Crippen molar-refractivity contribution in [1.29, 1.82) is 0 Å². The molecule has 0 aliphatic carbocycles. The molecule has 0 fully saturated rings. The highest BCUT2D eigenvalue weighted by molar-refractivity contribution is 4.59. The van der Waals surface area contributed by atoms with E-state index >= 15 is 0 Å². The van der Waals surface area contributed by atoms with Crippen molar-refractivity contribution in [1.82, 2.24) is 0 Å². The van der Waals surface area contributed by atoms with Gasteiger partial charge in [0.25, 0.3) is 0 Å². The number of aliphatic hydroxyl groups is 2. The number of unbranched alkanes of at least 4 members (excludes halogenated alkanes) is 2. The molecule has 0 heterocycles. The zero-order chi connectivity index (χ0) is 10.0. The molecule has 0 bridgehead atoms. The van der Waals surface area contributed by atoms with E-state index < -0.39 is 5.60 Å². The molecule has 0 saturated heterocycles. The minimum Gasteiger partial charge on any atom is -0.396 e. The van der Waals surface area contributed by atoms with Crippen LogP contribution in [0.3, 0.4) is 0 Å². The molecule has 0 amide bonds. The van der Waals surface area contributed by atoms with Crippen molar-refractivity contribution in [3.8, 4) is 0 Å². The van der Waals surface area contributed by atoms with E-state index in [0.29, 0.717) is 6.61 Å². The van der Waals surface area contributed by atoms with Crippen molar-refractivity contribution < 1.29 is 10.2 Å². The van der Waals surface area contributed by atoms with Gasteiger partial charge in [0.05, 0.1) is 5.60 Å². The molecule has 0 saturated carbocycles. The van der Waals surface area contributed by atoms with Crippen molar-refractivity contribution in [2.24, 2.45) is 0 Å². The summed E-state index contributed by atoms with van der Waals surface area (Å²) < 4.78 is 0. The SMILES string of the molecule is CCC(C)(C)O.CCCCCO. The Kier molecular flexibility index (Phi) is 10.8. The van der Waals surface area contributed by atoms with Crippen LogP contribution >= 0.6 is 0 Å². The average molecular weight is 176 g/mol. The lowest BCUT2D eigenvalue weighted by atomic mass is 10.1. The molecule has 0 aliphatic rings. The van der Waals surface area contributed by atoms with Gasteiger partial charge in [-0.15, -0.1) is 0 Å². The molecule has 2 nitrogen and oxygen atoms in total. The van der Waals surface area contributed by atoms with Crippen molar-refractivity contribution in [3.05, 3.63) is 0 Å². The lowest BCUT2D eigenvalue weighted by Crippen LogP contribution is -2.15. The van der Waals surface area contributed by atoms with Gasteiger partial charge in [-0.3, -0.25) is 0 Å². The molecule has 0 radical (unpaired) electrons. The highest BCUT2D eigenvalue weighted by atomic mass is 16.3. The number of aliphatic hydroxyl groups excluding tert-OH is 1. The average Bonchev–Trinajstić information content (AvgIpc) is 2.01. The third kappa shape index (κ3) is 22.5. The Balaban J connectivity index is 0. The third-order valence-electron chi connectivity index (χ3n) is 1.63. The summed E-state index contributed by atoms with van der Waals surface area (Å²) in [6.45, 7) is 8.03. The van der Waals surface area contributed by atoms with Gasteiger partial charge in [0.1, 0.15) is 0 Å². The quantitative estimate of drug-likeness (QED) is 0.645. The zero-order valence-corrected chi connectivity index (χ0v) is 8.93. The van der Waals surface area contributed by atoms with Gasteiger partial charge in [-0.25, -0.2) is 0 Å². The standard InChI is InChI=1S/2C5H12O/c1-4-5(2,3)6;1-2-3-4-5-6/h6H,4H2,1-3H3;6H,2-5H2,1H3. The Bertz CT molecular complexity index is 70.4. The Labute approximate surface area is 76.6 Å². The maximum absolute atomic E-state index is 8.83. The Morgan fingerprint density at radius 2 is 1.50 bits per heavy atom. The second kappa shape index (κ2) is 9.01. The van der Waals surface area contributed by atoms with E-state index in [0.717, 1.165) is 19.3 Å². The first kappa shape index (κ1) is 14.4. The van der Waals surface area contributed by atoms with Crippen LogP contribution in [0.5, 0.6) is 0 Å². The maximum Gasteiger partial charge on any atom is 0.0589 e. The van der Waals surface area contributed by atoms with Gasteiger partial charge in [0.2, 0.25) is 0 Å². The topological polar surface area (TPSA) is 40.5 Å². The predicted molar refractivity (Wildman–Crippen MR) is 53.2 cm³/mol. The van der Waals surface area contributed by atoms with Crippen LogP contribution in [0, 0.1) is 0 Å². The Hall–Kier alpha value is -0.0800. The van der Waals surface area contributed by atoms with E-state index in [1.807, 2.05) is 6.92 Å². The van der Waals surface area contributed by atoms with Crippen LogP contribution in [-0.2, 0) is 0 Å². The van der Waals surface area contributed by atoms with E-state index in [2.05, 4.69) is 6.92 Å². The fourth-order valence-electron chi connectivity index (χ4n) is 0.362. The molecule has 12 heavy (non-hydrogen) atoms. The number of hydrogen-bond donors (Lipinski definition) is 2. The molecule has 0 atom stereocenters. The normalized spacial score (nSPS) is 10.5. The van der Waals surface area contributed by atoms with E-state index in [1.165, 1.54) is 6.42 Å². The molecule has 0 aliphatic heterocycles. The molecule has 0 unspecified atom stereocenters. The monoisotopic (exact) mass is 176 g/mol. The number of rotatable bonds is 4. The van der Waals surface area contributed by atoms with E-state index in [1.54, 1.807) is 13.8 Å². The molecule has 0 spiro atoms. The molecule has 0 rings (SSSR count). The molecule has 2 heteroatoms. The molecule has 0 aromatic rings. The van der Waals surface area contributed by atoms with Gasteiger partial charge in [0.15, 0.2) is 0 Å². The second-order valence-electron chi connectivity index (χ2n) is 3.60. The van der Waals surface area contributed by atoms with Crippen molar-refractivity contribution >= 4 is 0 Å². The van der Waals surface area contributed by atoms with E-state index in [4.69, 9.17) is 10.2 Å². The summed E-state index contributed by atoms with van der Waals surface area (Å²) in [5.41, 5.74) is -0.458. The van der Waals surface area contributed by atoms with Crippen LogP contribution in [0.15, 0.2) is 0 Å². The number of hydrogen-bond acceptors (Lipinski definition) is 2. The van der Waals surface area contributed by atoms with Crippen LogP contribution in [0.25, 0.3) is 0 Å². The second-order valence-corrected chi connectivity index (χ2v) is 3.60. The molecule has 0 aromatic carbocycles. The predicted octanol–water partition coefficient (Wildman–Crippen LogP) is 2.34. The first-order valence-corrected chi connectivity index (χ1v) is 4.81. The molecular weight excluding hydrogens is 152 g/mol. The summed E-state index contributed by atoms with van der Waals surface area (Å²) >= 11 is 0. The van der Waals surface area contributed by atoms with Crippen LogP contribution in [0.2, 0.25) is 0 Å². The Morgan fingerprint density at radius 3 is 1.58 bits per heavy atom. The highest BCUT2D eigenvalue weighted by Crippen LogP contribution is 2.03. The Morgan fingerprint density at radius 1 is 1.08 bits per heavy atom. The van der Waals surface area contributed by atoms with E-state index in [-0.39, 0.29) is 0 Å². The van der Waals surface area contributed by atoms with Gasteiger partial charge in [-0.2, -0.15) is 0 Å². The lowest BCUT2D eigenvalue weighted by Gasteiger charge is -2.11. The van der Waals surface area contributed by atoms with E-state index in [9.17, 15) is 0 Å². The van der Waals surface area contributed by atoms with Crippen molar-refractivity contribution in [2.75, 3.05) is 6.61 Å². The summed E-state index contributed by atoms with van der Waals surface area (Å²) in [5, 5.41) is 17.0. The third-order valence-corrected chi connectivity index (χ3v) is 1.63. The van der Waals surface area contributed by atoms with Crippen molar-refractivity contribution in [3.63, 3.8) is 0 Å². The minimum atomic E-state index is -0.458. The molecule has 0 aromatic heterocycles. The van der Waals surface area contributed by atoms with Crippen LogP contribution < -0.4 is 0 Å². The smallest absolute Gasteiger partial charge is 0.0589 e. The van der Waals surface area contributed by atoms with Crippen LogP contribution in [0.4, 0.5) is 0 Å². The van der Waals surface area contributed by atoms with Gasteiger partial charge < -0.3 is 10.2 Å². The van der Waals surface area contributed by atoms with Gasteiger partial charge in [-0.1, -0.05) is 26.7 Å². The first-order valence-electron chi connectivity index (χ1n) is 4.81. The van der Waals surface area contributed by atoms with Crippen LogP contribution in [0.1, 0.15) is 53.4 Å². The lowest BCUT2D eigenvalue weighted by molar-refractivity contribution is 0.0765. The summed E-state index contributed by atoms with van der Waals surface area (Å²) in [7, 11) is 0. The highest BCUT2D eigenvalue weighted by Gasteiger charge is 2.05. The van der Waals surface area contributed by atoms with Gasteiger partial charge >= 0.3 is 0 Å². The molecular formula is C10H24O2. The maximum atomic E-state index is 8.83. The summed E-state index contributed by atoms with van der Waals surface area (Å²) in [6.07, 6.45) is 4.15. The largest absolute Gasteiger partial charge is 0.396 e. The van der Waals surface area contributed by atoms with Gasteiger partial charge in [-0.05, 0) is 26.7 Å². The fourth-order valence-corrected chi connectivity index (χ4v) is 0.362. The minimum absolute atomic E-state index is 0.355. The molecule has 2 N–H and O–H groups in total. The van der Waals surface area contributed by atoms with Crippen molar-refractivity contribution in [2.45, 2.75) is 59.0 Å². The summed E-state index contributed by atoms with van der Waals surface area (Å²) in [5.74, 6) is 0. The summed E-state index contributed by atoms with van der Waals surface area (Å²) in [6, 6.07) is 0. The first-order chi connectivity index (χ1) is 5.47.